The number of ketones is 1. The fraction of sp³-hybridized carbons (Fsp3) is 0.391. The maximum Gasteiger partial charge on any atom is 0.241 e. The first-order valence-electron chi connectivity index (χ1n) is 9.78. The van der Waals surface area contributed by atoms with Crippen LogP contribution in [0.2, 0.25) is 0 Å². The molecule has 2 aromatic carbocycles. The van der Waals surface area contributed by atoms with Crippen molar-refractivity contribution in [3.63, 3.8) is 0 Å². The standard InChI is InChI=1S/C23H28N2O3/c1-16-5-4-6-20(15-16)24-23(27)17(2)25-13-11-19(12-14-25)22(26)18-7-9-21(28-3)10-8-18/h4-10,15,17,19H,11-14H2,1-3H3,(H,24,27). The lowest BCUT2D eigenvalue weighted by Gasteiger charge is -2.34. The van der Waals surface area contributed by atoms with Gasteiger partial charge in [-0.25, -0.2) is 0 Å². The van der Waals surface area contributed by atoms with Crippen molar-refractivity contribution in [1.29, 1.82) is 0 Å². The quantitative estimate of drug-likeness (QED) is 0.772. The molecule has 0 saturated carbocycles. The van der Waals surface area contributed by atoms with E-state index in [4.69, 9.17) is 4.74 Å². The highest BCUT2D eigenvalue weighted by Crippen LogP contribution is 2.24. The third kappa shape index (κ3) is 4.78. The monoisotopic (exact) mass is 380 g/mol. The van der Waals surface area contributed by atoms with E-state index in [1.54, 1.807) is 7.11 Å². The molecular formula is C23H28N2O3. The molecule has 0 spiro atoms. The molecule has 28 heavy (non-hydrogen) atoms. The maximum atomic E-state index is 12.7. The zero-order valence-corrected chi connectivity index (χ0v) is 16.8. The van der Waals surface area contributed by atoms with Gasteiger partial charge < -0.3 is 10.1 Å². The summed E-state index contributed by atoms with van der Waals surface area (Å²) in [6.45, 7) is 5.42. The molecule has 3 rings (SSSR count). The number of anilines is 1. The number of Topliss-reactive ketones (excluding diaryl/α,β-unsaturated/α-hetero) is 1. The van der Waals surface area contributed by atoms with Crippen LogP contribution in [0.1, 0.15) is 35.7 Å². The number of hydrogen-bond donors (Lipinski definition) is 1. The first kappa shape index (κ1) is 20.1. The Morgan fingerprint density at radius 1 is 1.11 bits per heavy atom. The molecule has 1 saturated heterocycles. The van der Waals surface area contributed by atoms with E-state index >= 15 is 0 Å². The molecule has 5 nitrogen and oxygen atoms in total. The van der Waals surface area contributed by atoms with Crippen molar-refractivity contribution in [2.75, 3.05) is 25.5 Å². The summed E-state index contributed by atoms with van der Waals surface area (Å²) in [5.41, 5.74) is 2.66. The van der Waals surface area contributed by atoms with Crippen molar-refractivity contribution in [3.05, 3.63) is 59.7 Å². The summed E-state index contributed by atoms with van der Waals surface area (Å²) in [4.78, 5) is 27.5. The number of nitrogens with zero attached hydrogens (tertiary/aromatic N) is 1. The van der Waals surface area contributed by atoms with Crippen molar-refractivity contribution in [2.24, 2.45) is 5.92 Å². The smallest absolute Gasteiger partial charge is 0.241 e. The Morgan fingerprint density at radius 3 is 2.39 bits per heavy atom. The molecule has 1 fully saturated rings. The molecule has 1 N–H and O–H groups in total. The Balaban J connectivity index is 1.53. The van der Waals surface area contributed by atoms with Crippen molar-refractivity contribution in [2.45, 2.75) is 32.7 Å². The fourth-order valence-corrected chi connectivity index (χ4v) is 3.68. The number of methoxy groups -OCH3 is 1. The van der Waals surface area contributed by atoms with Gasteiger partial charge in [-0.3, -0.25) is 14.5 Å². The third-order valence-corrected chi connectivity index (χ3v) is 5.49. The van der Waals surface area contributed by atoms with Gasteiger partial charge >= 0.3 is 0 Å². The average molecular weight is 380 g/mol. The number of ether oxygens (including phenoxy) is 1. The Bertz CT molecular complexity index is 824. The van der Waals surface area contributed by atoms with E-state index in [2.05, 4.69) is 10.2 Å². The number of carbonyl (C=O) groups excluding carboxylic acids is 2. The van der Waals surface area contributed by atoms with Crippen LogP contribution in [0.15, 0.2) is 48.5 Å². The Kier molecular flexibility index (Phi) is 6.47. The largest absolute Gasteiger partial charge is 0.497 e. The van der Waals surface area contributed by atoms with E-state index < -0.39 is 0 Å². The van der Waals surface area contributed by atoms with E-state index in [1.165, 1.54) is 0 Å². The summed E-state index contributed by atoms with van der Waals surface area (Å²) in [6.07, 6.45) is 1.54. The van der Waals surface area contributed by atoms with Gasteiger partial charge in [0.05, 0.1) is 13.2 Å². The van der Waals surface area contributed by atoms with Gasteiger partial charge in [0.1, 0.15) is 5.75 Å². The predicted octanol–water partition coefficient (Wildman–Crippen LogP) is 3.93. The fourth-order valence-electron chi connectivity index (χ4n) is 3.68. The van der Waals surface area contributed by atoms with Crippen molar-refractivity contribution < 1.29 is 14.3 Å². The van der Waals surface area contributed by atoms with Gasteiger partial charge in [-0.2, -0.15) is 0 Å². The molecule has 1 heterocycles. The molecule has 0 aliphatic carbocycles. The minimum Gasteiger partial charge on any atom is -0.497 e. The number of amides is 1. The van der Waals surface area contributed by atoms with Crippen LogP contribution in [0, 0.1) is 12.8 Å². The van der Waals surface area contributed by atoms with Crippen LogP contribution in [0.4, 0.5) is 5.69 Å². The van der Waals surface area contributed by atoms with Gasteiger partial charge in [-0.15, -0.1) is 0 Å². The van der Waals surface area contributed by atoms with E-state index in [0.717, 1.165) is 48.5 Å². The molecule has 148 valence electrons. The Morgan fingerprint density at radius 2 is 1.79 bits per heavy atom. The van der Waals surface area contributed by atoms with Gasteiger partial charge in [0.2, 0.25) is 5.91 Å². The molecule has 1 amide bonds. The SMILES string of the molecule is COc1ccc(C(=O)C2CCN(C(C)C(=O)Nc3cccc(C)c3)CC2)cc1. The molecule has 0 aromatic heterocycles. The molecule has 1 atom stereocenters. The molecule has 1 aliphatic heterocycles. The lowest BCUT2D eigenvalue weighted by Crippen LogP contribution is -2.47. The summed E-state index contributed by atoms with van der Waals surface area (Å²) in [5, 5.41) is 2.99. The second kappa shape index (κ2) is 9.02. The van der Waals surface area contributed by atoms with Gasteiger partial charge in [0.25, 0.3) is 0 Å². The number of nitrogens with one attached hydrogen (secondary N) is 1. The average Bonchev–Trinajstić information content (AvgIpc) is 2.73. The lowest BCUT2D eigenvalue weighted by molar-refractivity contribution is -0.121. The van der Waals surface area contributed by atoms with Crippen LogP contribution >= 0.6 is 0 Å². The summed E-state index contributed by atoms with van der Waals surface area (Å²) < 4.78 is 5.15. The lowest BCUT2D eigenvalue weighted by atomic mass is 9.88. The summed E-state index contributed by atoms with van der Waals surface area (Å²) in [5.74, 6) is 0.932. The third-order valence-electron chi connectivity index (χ3n) is 5.49. The highest BCUT2D eigenvalue weighted by molar-refractivity contribution is 5.98. The van der Waals surface area contributed by atoms with Crippen LogP contribution in [-0.4, -0.2) is 42.8 Å². The zero-order chi connectivity index (χ0) is 20.1. The van der Waals surface area contributed by atoms with Crippen LogP contribution in [0.25, 0.3) is 0 Å². The second-order valence-corrected chi connectivity index (χ2v) is 7.44. The first-order valence-corrected chi connectivity index (χ1v) is 9.78. The van der Waals surface area contributed by atoms with E-state index in [9.17, 15) is 9.59 Å². The molecule has 1 unspecified atom stereocenters. The number of aryl methyl sites for hydroxylation is 1. The van der Waals surface area contributed by atoms with Crippen molar-refractivity contribution in [3.8, 4) is 5.75 Å². The van der Waals surface area contributed by atoms with Crippen LogP contribution in [-0.2, 0) is 4.79 Å². The van der Waals surface area contributed by atoms with Crippen LogP contribution in [0.3, 0.4) is 0 Å². The Labute approximate surface area is 166 Å². The second-order valence-electron chi connectivity index (χ2n) is 7.44. The minimum atomic E-state index is -0.224. The summed E-state index contributed by atoms with van der Waals surface area (Å²) in [7, 11) is 1.61. The van der Waals surface area contributed by atoms with Gasteiger partial charge in [0.15, 0.2) is 5.78 Å². The normalized spacial score (nSPS) is 16.4. The summed E-state index contributed by atoms with van der Waals surface area (Å²) in [6, 6.07) is 14.9. The topological polar surface area (TPSA) is 58.6 Å². The van der Waals surface area contributed by atoms with Crippen LogP contribution < -0.4 is 10.1 Å². The molecule has 0 radical (unpaired) electrons. The molecule has 5 heteroatoms. The molecular weight excluding hydrogens is 352 g/mol. The number of piperidine rings is 1. The van der Waals surface area contributed by atoms with Crippen molar-refractivity contribution >= 4 is 17.4 Å². The first-order chi connectivity index (χ1) is 13.5. The van der Waals surface area contributed by atoms with E-state index in [-0.39, 0.29) is 23.7 Å². The number of rotatable bonds is 6. The van der Waals surface area contributed by atoms with Gasteiger partial charge in [-0.1, -0.05) is 12.1 Å². The number of carbonyl (C=O) groups is 2. The van der Waals surface area contributed by atoms with E-state index in [0.29, 0.717) is 0 Å². The highest BCUT2D eigenvalue weighted by Gasteiger charge is 2.30. The number of hydrogen-bond acceptors (Lipinski definition) is 4. The predicted molar refractivity (Wildman–Crippen MR) is 111 cm³/mol. The molecule has 1 aliphatic rings. The highest BCUT2D eigenvalue weighted by atomic mass is 16.5. The molecule has 2 aromatic rings. The number of likely N-dealkylation sites (tertiary alicyclic amines) is 1. The van der Waals surface area contributed by atoms with Gasteiger partial charge in [0, 0.05) is 17.2 Å². The van der Waals surface area contributed by atoms with E-state index in [1.807, 2.05) is 62.4 Å². The minimum absolute atomic E-state index is 0.00877. The maximum absolute atomic E-state index is 12.7. The molecule has 0 bridgehead atoms. The Hall–Kier alpha value is -2.66. The number of benzene rings is 2. The van der Waals surface area contributed by atoms with Crippen molar-refractivity contribution in [1.82, 2.24) is 4.90 Å². The van der Waals surface area contributed by atoms with Gasteiger partial charge in [-0.05, 0) is 81.7 Å². The zero-order valence-electron chi connectivity index (χ0n) is 16.8. The van der Waals surface area contributed by atoms with Crippen LogP contribution in [0.5, 0.6) is 5.75 Å². The summed E-state index contributed by atoms with van der Waals surface area (Å²) >= 11 is 0.